The molecule has 1 unspecified atom stereocenters. The third-order valence-corrected chi connectivity index (χ3v) is 8.04. The second-order valence-corrected chi connectivity index (χ2v) is 10.2. The zero-order valence-electron chi connectivity index (χ0n) is 19.9. The van der Waals surface area contributed by atoms with Crippen molar-refractivity contribution in [3.8, 4) is 0 Å². The van der Waals surface area contributed by atoms with Crippen molar-refractivity contribution in [1.29, 1.82) is 0 Å². The number of carbonyl (C=O) groups is 1. The molecule has 3 fully saturated rings. The van der Waals surface area contributed by atoms with Crippen LogP contribution in [-0.4, -0.2) is 35.0 Å². The minimum absolute atomic E-state index is 0.172. The highest BCUT2D eigenvalue weighted by Crippen LogP contribution is 2.44. The number of ether oxygens (including phenoxy) is 1. The van der Waals surface area contributed by atoms with Crippen molar-refractivity contribution < 1.29 is 9.53 Å². The van der Waals surface area contributed by atoms with E-state index in [1.54, 1.807) is 0 Å². The molecule has 6 rings (SSSR count). The minimum Gasteiger partial charge on any atom is -0.455 e. The first-order valence-corrected chi connectivity index (χ1v) is 12.3. The fourth-order valence-corrected chi connectivity index (χ4v) is 5.91. The number of para-hydroxylation sites is 1. The molecule has 3 aliphatic rings. The molecule has 5 atom stereocenters. The molecule has 2 aromatic carbocycles. The average molecular weight is 443 g/mol. The van der Waals surface area contributed by atoms with E-state index in [4.69, 9.17) is 4.74 Å². The quantitative estimate of drug-likeness (QED) is 0.445. The van der Waals surface area contributed by atoms with E-state index in [1.807, 2.05) is 68.6 Å². The Morgan fingerprint density at radius 3 is 2.61 bits per heavy atom. The van der Waals surface area contributed by atoms with Crippen LogP contribution in [0.2, 0.25) is 0 Å². The number of hydrogen-bond acceptors (Lipinski definition) is 4. The third-order valence-electron chi connectivity index (χ3n) is 8.04. The Hall–Kier alpha value is -2.72. The predicted molar refractivity (Wildman–Crippen MR) is 132 cm³/mol. The van der Waals surface area contributed by atoms with Crippen LogP contribution in [0.3, 0.4) is 0 Å². The van der Waals surface area contributed by atoms with Gasteiger partial charge in [-0.15, -0.1) is 0 Å². The fraction of sp³-hybridized carbons (Fsp3) is 0.448. The zero-order chi connectivity index (χ0) is 23.0. The van der Waals surface area contributed by atoms with Crippen LogP contribution in [0.15, 0.2) is 66.9 Å². The van der Waals surface area contributed by atoms with Gasteiger partial charge in [0.25, 0.3) is 0 Å². The lowest BCUT2D eigenvalue weighted by Gasteiger charge is -2.52. The van der Waals surface area contributed by atoms with E-state index in [9.17, 15) is 4.79 Å². The summed E-state index contributed by atoms with van der Waals surface area (Å²) in [7, 11) is 0. The maximum absolute atomic E-state index is 13.7. The number of pyridine rings is 1. The van der Waals surface area contributed by atoms with E-state index in [-0.39, 0.29) is 18.1 Å². The van der Waals surface area contributed by atoms with Crippen LogP contribution in [0.5, 0.6) is 0 Å². The van der Waals surface area contributed by atoms with Crippen LogP contribution in [0.4, 0.5) is 0 Å². The summed E-state index contributed by atoms with van der Waals surface area (Å²) in [5, 5.41) is 1.07. The van der Waals surface area contributed by atoms with Crippen molar-refractivity contribution in [2.75, 3.05) is 13.1 Å². The standard InChI is InChI=1S/C29H34N2O2/c1-4-20-19-31-17-15-21(20)18-26(31)27(24-14-16-30-25-13-9-8-12-23(24)25)33-28(32)29(2,3)22-10-6-5-7-11-22/h5-14,16,20-21,26-27H,4,15,17-19H2,1-3H3/t20-,21+,26+,27-/m0/s1. The highest BCUT2D eigenvalue weighted by molar-refractivity contribution is 5.85. The van der Waals surface area contributed by atoms with Gasteiger partial charge in [-0.3, -0.25) is 14.7 Å². The van der Waals surface area contributed by atoms with Gasteiger partial charge in [0.2, 0.25) is 0 Å². The van der Waals surface area contributed by atoms with Gasteiger partial charge in [0.1, 0.15) is 6.10 Å². The Morgan fingerprint density at radius 2 is 1.88 bits per heavy atom. The smallest absolute Gasteiger partial charge is 0.316 e. The average Bonchev–Trinajstić information content (AvgIpc) is 2.87. The number of aromatic nitrogens is 1. The summed E-state index contributed by atoms with van der Waals surface area (Å²) in [5.41, 5.74) is 2.27. The molecule has 3 aromatic rings. The topological polar surface area (TPSA) is 42.4 Å². The van der Waals surface area contributed by atoms with E-state index in [0.29, 0.717) is 5.92 Å². The Kier molecular flexibility index (Phi) is 5.96. The number of nitrogens with zero attached hydrogens (tertiary/aromatic N) is 2. The summed E-state index contributed by atoms with van der Waals surface area (Å²) in [6.45, 7) is 8.42. The maximum atomic E-state index is 13.7. The SMILES string of the molecule is CC[C@H]1CN2CC[C@@H]1C[C@@H]2[C@@H](OC(=O)C(C)(C)c1ccccc1)c1ccnc2ccccc12. The Morgan fingerprint density at radius 1 is 1.12 bits per heavy atom. The van der Waals surface area contributed by atoms with E-state index in [1.165, 1.54) is 12.8 Å². The molecule has 0 aliphatic carbocycles. The Balaban J connectivity index is 1.53. The summed E-state index contributed by atoms with van der Waals surface area (Å²) < 4.78 is 6.52. The van der Waals surface area contributed by atoms with Gasteiger partial charge in [-0.05, 0) is 62.8 Å². The largest absolute Gasteiger partial charge is 0.455 e. The molecule has 3 saturated heterocycles. The van der Waals surface area contributed by atoms with Crippen LogP contribution < -0.4 is 0 Å². The molecule has 4 nitrogen and oxygen atoms in total. The van der Waals surface area contributed by atoms with Crippen LogP contribution in [0.25, 0.3) is 10.9 Å². The third kappa shape index (κ3) is 4.06. The molecule has 2 bridgehead atoms. The molecule has 4 heteroatoms. The number of piperidine rings is 3. The van der Waals surface area contributed by atoms with Gasteiger partial charge in [0.15, 0.2) is 0 Å². The second-order valence-electron chi connectivity index (χ2n) is 10.2. The number of fused-ring (bicyclic) bond motifs is 4. The highest BCUT2D eigenvalue weighted by atomic mass is 16.5. The molecule has 0 N–H and O–H groups in total. The van der Waals surface area contributed by atoms with Crippen molar-refractivity contribution in [2.45, 2.75) is 57.6 Å². The minimum atomic E-state index is -0.725. The lowest BCUT2D eigenvalue weighted by atomic mass is 9.72. The lowest BCUT2D eigenvalue weighted by molar-refractivity contribution is -0.163. The normalized spacial score (nSPS) is 25.7. The molecule has 33 heavy (non-hydrogen) atoms. The number of hydrogen-bond donors (Lipinski definition) is 0. The molecule has 172 valence electrons. The molecular formula is C29H34N2O2. The number of benzene rings is 2. The van der Waals surface area contributed by atoms with Gasteiger partial charge >= 0.3 is 5.97 Å². The highest BCUT2D eigenvalue weighted by Gasteiger charge is 2.45. The molecule has 0 saturated carbocycles. The molecule has 0 spiro atoms. The molecule has 3 aliphatic heterocycles. The monoisotopic (exact) mass is 442 g/mol. The van der Waals surface area contributed by atoms with E-state index < -0.39 is 5.41 Å². The second kappa shape index (κ2) is 8.90. The van der Waals surface area contributed by atoms with Crippen molar-refractivity contribution >= 4 is 16.9 Å². The number of carbonyl (C=O) groups excluding carboxylic acids is 1. The Bertz CT molecular complexity index is 1120. The molecular weight excluding hydrogens is 408 g/mol. The fourth-order valence-electron chi connectivity index (χ4n) is 5.91. The first-order chi connectivity index (χ1) is 16.0. The molecule has 1 aromatic heterocycles. The van der Waals surface area contributed by atoms with E-state index in [0.717, 1.165) is 47.5 Å². The van der Waals surface area contributed by atoms with Gasteiger partial charge in [0, 0.05) is 23.7 Å². The summed E-state index contributed by atoms with van der Waals surface area (Å²) >= 11 is 0. The number of rotatable bonds is 6. The predicted octanol–water partition coefficient (Wildman–Crippen LogP) is 5.92. The van der Waals surface area contributed by atoms with Crippen molar-refractivity contribution in [3.05, 3.63) is 78.0 Å². The van der Waals surface area contributed by atoms with Gasteiger partial charge in [0.05, 0.1) is 17.0 Å². The maximum Gasteiger partial charge on any atom is 0.316 e. The van der Waals surface area contributed by atoms with Gasteiger partial charge in [-0.1, -0.05) is 61.9 Å². The summed E-state index contributed by atoms with van der Waals surface area (Å²) in [6.07, 6.45) is 5.10. The number of esters is 1. The van der Waals surface area contributed by atoms with Crippen molar-refractivity contribution in [1.82, 2.24) is 9.88 Å². The van der Waals surface area contributed by atoms with Gasteiger partial charge in [-0.2, -0.15) is 0 Å². The Labute approximate surface area is 197 Å². The first-order valence-electron chi connectivity index (χ1n) is 12.3. The van der Waals surface area contributed by atoms with Crippen molar-refractivity contribution in [2.24, 2.45) is 11.8 Å². The van der Waals surface area contributed by atoms with Gasteiger partial charge < -0.3 is 4.74 Å². The molecule has 4 heterocycles. The zero-order valence-corrected chi connectivity index (χ0v) is 19.9. The van der Waals surface area contributed by atoms with Crippen LogP contribution in [-0.2, 0) is 14.9 Å². The van der Waals surface area contributed by atoms with E-state index >= 15 is 0 Å². The summed E-state index contributed by atoms with van der Waals surface area (Å²) in [5.74, 6) is 1.29. The first kappa shape index (κ1) is 22.1. The van der Waals surface area contributed by atoms with E-state index in [2.05, 4.69) is 28.9 Å². The molecule has 0 radical (unpaired) electrons. The lowest BCUT2D eigenvalue weighted by Crippen LogP contribution is -2.56. The van der Waals surface area contributed by atoms with Crippen LogP contribution in [0.1, 0.15) is 57.3 Å². The summed E-state index contributed by atoms with van der Waals surface area (Å²) in [4.78, 5) is 20.8. The van der Waals surface area contributed by atoms with Crippen LogP contribution in [0, 0.1) is 11.8 Å². The van der Waals surface area contributed by atoms with Gasteiger partial charge in [-0.25, -0.2) is 0 Å². The van der Waals surface area contributed by atoms with Crippen LogP contribution >= 0.6 is 0 Å². The van der Waals surface area contributed by atoms with Crippen molar-refractivity contribution in [3.63, 3.8) is 0 Å². The molecule has 0 amide bonds. The summed E-state index contributed by atoms with van der Waals surface area (Å²) in [6, 6.07) is 20.4.